The summed E-state index contributed by atoms with van der Waals surface area (Å²) in [4.78, 5) is 29.0. The van der Waals surface area contributed by atoms with Gasteiger partial charge >= 0.3 is 0 Å². The first-order chi connectivity index (χ1) is 15.5. The van der Waals surface area contributed by atoms with E-state index in [-0.39, 0.29) is 11.9 Å². The van der Waals surface area contributed by atoms with Crippen molar-refractivity contribution in [2.45, 2.75) is 25.8 Å². The van der Waals surface area contributed by atoms with Crippen LogP contribution in [0.1, 0.15) is 40.2 Å². The Labute approximate surface area is 199 Å². The van der Waals surface area contributed by atoms with E-state index in [2.05, 4.69) is 9.97 Å². The van der Waals surface area contributed by atoms with Gasteiger partial charge in [0.1, 0.15) is 17.3 Å². The lowest BCUT2D eigenvalue weighted by atomic mass is 10.1. The minimum Gasteiger partial charge on any atom is -0.497 e. The molecule has 164 valence electrons. The summed E-state index contributed by atoms with van der Waals surface area (Å²) >= 11 is 14.1. The number of rotatable bonds is 4. The molecule has 0 radical (unpaired) electrons. The van der Waals surface area contributed by atoms with Crippen LogP contribution in [-0.2, 0) is 0 Å². The van der Waals surface area contributed by atoms with Crippen molar-refractivity contribution in [1.29, 1.82) is 0 Å². The molecule has 9 heteroatoms. The van der Waals surface area contributed by atoms with E-state index in [9.17, 15) is 4.79 Å². The Balaban J connectivity index is 1.52. The normalized spacial score (nSPS) is 16.1. The molecular formula is C23H20Cl2N4O2S. The standard InChI is InChI=1S/C23H20Cl2N4O2S/c1-12-26-20(21(32-12)14-5-3-6-15(24)19(14)25)23(30)29-10-4-7-18(29)22-27-16-9-8-13(31-2)11-17(16)28-22/h3,5-6,8-9,11,18H,4,7,10H2,1-2H3,(H,27,28). The molecule has 1 saturated heterocycles. The van der Waals surface area contributed by atoms with Gasteiger partial charge in [-0.1, -0.05) is 35.3 Å². The third kappa shape index (κ3) is 3.64. The van der Waals surface area contributed by atoms with Crippen LogP contribution in [0.15, 0.2) is 36.4 Å². The number of hydrogen-bond acceptors (Lipinski definition) is 5. The molecule has 1 fully saturated rings. The quantitative estimate of drug-likeness (QED) is 0.367. The highest BCUT2D eigenvalue weighted by molar-refractivity contribution is 7.15. The molecule has 1 aliphatic rings. The molecule has 1 aliphatic heterocycles. The third-order valence-electron chi connectivity index (χ3n) is 5.67. The maximum atomic E-state index is 13.7. The Morgan fingerprint density at radius 3 is 2.91 bits per heavy atom. The molecule has 1 N–H and O–H groups in total. The lowest BCUT2D eigenvalue weighted by Crippen LogP contribution is -2.31. The van der Waals surface area contributed by atoms with Crippen molar-refractivity contribution in [3.63, 3.8) is 0 Å². The molecule has 6 nitrogen and oxygen atoms in total. The Kier molecular flexibility index (Phi) is 5.57. The van der Waals surface area contributed by atoms with Crippen molar-refractivity contribution < 1.29 is 9.53 Å². The van der Waals surface area contributed by atoms with Crippen molar-refractivity contribution in [1.82, 2.24) is 19.9 Å². The van der Waals surface area contributed by atoms with Gasteiger partial charge in [-0.3, -0.25) is 4.79 Å². The second kappa shape index (κ2) is 8.39. The third-order valence-corrected chi connectivity index (χ3v) is 7.49. The molecule has 0 aliphatic carbocycles. The number of likely N-dealkylation sites (tertiary alicyclic amines) is 1. The number of amides is 1. The smallest absolute Gasteiger partial charge is 0.274 e. The number of benzene rings is 2. The van der Waals surface area contributed by atoms with Gasteiger partial charge in [0.25, 0.3) is 5.91 Å². The second-order valence-corrected chi connectivity index (χ2v) is 9.66. The van der Waals surface area contributed by atoms with E-state index < -0.39 is 0 Å². The number of ether oxygens (including phenoxy) is 1. The first-order valence-electron chi connectivity index (χ1n) is 10.2. The number of hydrogen-bond donors (Lipinski definition) is 1. The number of imidazole rings is 1. The van der Waals surface area contributed by atoms with Crippen molar-refractivity contribution in [2.24, 2.45) is 0 Å². The molecule has 1 unspecified atom stereocenters. The largest absolute Gasteiger partial charge is 0.497 e. The predicted octanol–water partition coefficient (Wildman–Crippen LogP) is 6.29. The summed E-state index contributed by atoms with van der Waals surface area (Å²) in [6.45, 7) is 2.53. The van der Waals surface area contributed by atoms with Crippen LogP contribution in [0.3, 0.4) is 0 Å². The van der Waals surface area contributed by atoms with Crippen molar-refractivity contribution in [3.05, 3.63) is 63.0 Å². The number of aryl methyl sites for hydroxylation is 1. The first-order valence-corrected chi connectivity index (χ1v) is 11.8. The molecule has 1 amide bonds. The summed E-state index contributed by atoms with van der Waals surface area (Å²) in [5, 5.41) is 1.67. The number of carbonyl (C=O) groups is 1. The highest BCUT2D eigenvalue weighted by Crippen LogP contribution is 2.40. The number of methoxy groups -OCH3 is 1. The molecule has 2 aromatic heterocycles. The maximum absolute atomic E-state index is 13.7. The average Bonchev–Trinajstić information content (AvgIpc) is 3.52. The highest BCUT2D eigenvalue weighted by atomic mass is 35.5. The first kappa shape index (κ1) is 21.2. The molecule has 4 aromatic rings. The molecule has 0 saturated carbocycles. The number of carbonyl (C=O) groups excluding carboxylic acids is 1. The maximum Gasteiger partial charge on any atom is 0.274 e. The van der Waals surface area contributed by atoms with Crippen molar-refractivity contribution >= 4 is 51.5 Å². The predicted molar refractivity (Wildman–Crippen MR) is 128 cm³/mol. The van der Waals surface area contributed by atoms with E-state index in [1.807, 2.05) is 42.2 Å². The minimum absolute atomic E-state index is 0.124. The fourth-order valence-corrected chi connectivity index (χ4v) is 5.55. The van der Waals surface area contributed by atoms with Gasteiger partial charge in [0.2, 0.25) is 0 Å². The monoisotopic (exact) mass is 486 g/mol. The zero-order valence-electron chi connectivity index (χ0n) is 17.5. The van der Waals surface area contributed by atoms with Gasteiger partial charge < -0.3 is 14.6 Å². The van der Waals surface area contributed by atoms with Gasteiger partial charge in [-0.2, -0.15) is 0 Å². The molecule has 32 heavy (non-hydrogen) atoms. The highest BCUT2D eigenvalue weighted by Gasteiger charge is 2.35. The van der Waals surface area contributed by atoms with Crippen LogP contribution >= 0.6 is 34.5 Å². The van der Waals surface area contributed by atoms with Crippen LogP contribution in [0.5, 0.6) is 5.75 Å². The Morgan fingerprint density at radius 2 is 2.09 bits per heavy atom. The zero-order valence-corrected chi connectivity index (χ0v) is 19.8. The average molecular weight is 487 g/mol. The number of thiazole rings is 1. The van der Waals surface area contributed by atoms with E-state index in [0.29, 0.717) is 22.3 Å². The fourth-order valence-electron chi connectivity index (χ4n) is 4.16. The lowest BCUT2D eigenvalue weighted by molar-refractivity contribution is 0.0726. The molecule has 0 spiro atoms. The Bertz CT molecular complexity index is 1330. The van der Waals surface area contributed by atoms with Crippen molar-refractivity contribution in [2.75, 3.05) is 13.7 Å². The minimum atomic E-state index is -0.148. The van der Waals surface area contributed by atoms with Crippen LogP contribution in [0.4, 0.5) is 0 Å². The van der Waals surface area contributed by atoms with Gasteiger partial charge in [0.15, 0.2) is 0 Å². The zero-order chi connectivity index (χ0) is 22.4. The molecular weight excluding hydrogens is 467 g/mol. The SMILES string of the molecule is COc1ccc2nc(C3CCCN3C(=O)c3nc(C)sc3-c3cccc(Cl)c3Cl)[nH]c2c1. The Hall–Kier alpha value is -2.61. The molecule has 3 heterocycles. The molecule has 1 atom stereocenters. The van der Waals surface area contributed by atoms with E-state index in [1.165, 1.54) is 11.3 Å². The fraction of sp³-hybridized carbons (Fsp3) is 0.261. The number of nitrogens with one attached hydrogen (secondary N) is 1. The van der Waals surface area contributed by atoms with Gasteiger partial charge in [-0.25, -0.2) is 9.97 Å². The van der Waals surface area contributed by atoms with Crippen LogP contribution in [0, 0.1) is 6.92 Å². The number of aromatic nitrogens is 3. The van der Waals surface area contributed by atoms with E-state index in [1.54, 1.807) is 13.2 Å². The summed E-state index contributed by atoms with van der Waals surface area (Å²) in [6, 6.07) is 11.0. The van der Waals surface area contributed by atoms with E-state index >= 15 is 0 Å². The van der Waals surface area contributed by atoms with Gasteiger partial charge in [0.05, 0.1) is 44.1 Å². The molecule has 0 bridgehead atoms. The molecule has 5 rings (SSSR count). The van der Waals surface area contributed by atoms with Gasteiger partial charge in [-0.05, 0) is 38.0 Å². The Morgan fingerprint density at radius 1 is 1.25 bits per heavy atom. The van der Waals surface area contributed by atoms with Crippen LogP contribution in [0.2, 0.25) is 10.0 Å². The van der Waals surface area contributed by atoms with E-state index in [4.69, 9.17) is 32.9 Å². The van der Waals surface area contributed by atoms with Gasteiger partial charge in [-0.15, -0.1) is 11.3 Å². The van der Waals surface area contributed by atoms with E-state index in [0.717, 1.165) is 50.9 Å². The van der Waals surface area contributed by atoms with Gasteiger partial charge in [0, 0.05) is 18.2 Å². The van der Waals surface area contributed by atoms with Crippen LogP contribution in [-0.4, -0.2) is 39.4 Å². The summed E-state index contributed by atoms with van der Waals surface area (Å²) in [5.74, 6) is 1.40. The number of aromatic amines is 1. The summed E-state index contributed by atoms with van der Waals surface area (Å²) in [5.41, 5.74) is 2.85. The number of nitrogens with zero attached hydrogens (tertiary/aromatic N) is 3. The summed E-state index contributed by atoms with van der Waals surface area (Å²) in [7, 11) is 1.63. The molecule has 2 aromatic carbocycles. The van der Waals surface area contributed by atoms with Crippen molar-refractivity contribution in [3.8, 4) is 16.2 Å². The summed E-state index contributed by atoms with van der Waals surface area (Å²) in [6.07, 6.45) is 1.73. The number of halogens is 2. The topological polar surface area (TPSA) is 71.1 Å². The van der Waals surface area contributed by atoms with Crippen LogP contribution < -0.4 is 4.74 Å². The number of fused-ring (bicyclic) bond motifs is 1. The second-order valence-electron chi connectivity index (χ2n) is 7.67. The van der Waals surface area contributed by atoms with Crippen LogP contribution in [0.25, 0.3) is 21.5 Å². The number of H-pyrrole nitrogens is 1. The summed E-state index contributed by atoms with van der Waals surface area (Å²) < 4.78 is 5.31. The lowest BCUT2D eigenvalue weighted by Gasteiger charge is -2.23.